The molecule has 0 amide bonds. The highest BCUT2D eigenvalue weighted by Gasteiger charge is 2.12. The monoisotopic (exact) mass is 267 g/mol. The maximum atomic E-state index is 6.11. The number of aromatic nitrogens is 2. The van der Waals surface area contributed by atoms with E-state index in [0.717, 1.165) is 29.5 Å². The van der Waals surface area contributed by atoms with E-state index in [-0.39, 0.29) is 0 Å². The van der Waals surface area contributed by atoms with Gasteiger partial charge in [-0.3, -0.25) is 4.98 Å². The normalized spacial score (nSPS) is 10.8. The lowest BCUT2D eigenvalue weighted by Crippen LogP contribution is -2.11. The van der Waals surface area contributed by atoms with Crippen LogP contribution < -0.4 is 5.32 Å². The predicted octanol–water partition coefficient (Wildman–Crippen LogP) is 3.28. The number of nitrogens with one attached hydrogen (secondary N) is 1. The zero-order valence-corrected chi connectivity index (χ0v) is 11.4. The third-order valence-electron chi connectivity index (χ3n) is 2.39. The van der Waals surface area contributed by atoms with E-state index in [9.17, 15) is 0 Å². The summed E-state index contributed by atoms with van der Waals surface area (Å²) in [4.78, 5) is 10.0. The average Bonchev–Trinajstić information content (AvgIpc) is 2.68. The van der Waals surface area contributed by atoms with Gasteiger partial charge >= 0.3 is 0 Å². The van der Waals surface area contributed by atoms with Gasteiger partial charge in [-0.1, -0.05) is 18.5 Å². The van der Waals surface area contributed by atoms with Crippen LogP contribution in [-0.4, -0.2) is 16.5 Å². The zero-order valence-electron chi connectivity index (χ0n) is 9.83. The Hall–Kier alpha value is -0.970. The summed E-state index contributed by atoms with van der Waals surface area (Å²) in [5.41, 5.74) is 1.82. The van der Waals surface area contributed by atoms with Gasteiger partial charge in [-0.2, -0.15) is 0 Å². The fraction of sp³-hybridized carbons (Fsp3) is 0.333. The molecule has 0 radical (unpaired) electrons. The molecule has 90 valence electrons. The van der Waals surface area contributed by atoms with Crippen LogP contribution in [0.15, 0.2) is 18.3 Å². The van der Waals surface area contributed by atoms with Crippen molar-refractivity contribution in [3.63, 3.8) is 0 Å². The van der Waals surface area contributed by atoms with Crippen molar-refractivity contribution in [3.8, 4) is 10.7 Å². The lowest BCUT2D eigenvalue weighted by Gasteiger charge is -1.98. The summed E-state index contributed by atoms with van der Waals surface area (Å²) in [6.07, 6.45) is 1.74. The topological polar surface area (TPSA) is 37.8 Å². The molecule has 2 heterocycles. The summed E-state index contributed by atoms with van der Waals surface area (Å²) in [7, 11) is 0. The molecule has 0 saturated heterocycles. The van der Waals surface area contributed by atoms with Crippen LogP contribution in [0.3, 0.4) is 0 Å². The molecule has 0 saturated carbocycles. The van der Waals surface area contributed by atoms with Crippen molar-refractivity contribution >= 4 is 22.9 Å². The van der Waals surface area contributed by atoms with Crippen molar-refractivity contribution in [3.05, 3.63) is 33.9 Å². The van der Waals surface area contributed by atoms with Crippen molar-refractivity contribution in [1.29, 1.82) is 0 Å². The molecular weight excluding hydrogens is 254 g/mol. The van der Waals surface area contributed by atoms with E-state index in [4.69, 9.17) is 11.6 Å². The molecule has 0 unspecified atom stereocenters. The summed E-state index contributed by atoms with van der Waals surface area (Å²) in [5.74, 6) is 0. The van der Waals surface area contributed by atoms with Gasteiger partial charge in [-0.25, -0.2) is 4.98 Å². The molecule has 2 aromatic rings. The van der Waals surface area contributed by atoms with E-state index in [2.05, 4.69) is 22.2 Å². The smallest absolute Gasteiger partial charge is 0.143 e. The first kappa shape index (κ1) is 12.5. The highest BCUT2D eigenvalue weighted by atomic mass is 35.5. The van der Waals surface area contributed by atoms with Gasteiger partial charge in [0.15, 0.2) is 0 Å². The zero-order chi connectivity index (χ0) is 12.3. The molecule has 0 aromatic carbocycles. The Morgan fingerprint density at radius 3 is 3.00 bits per heavy atom. The maximum absolute atomic E-state index is 6.11. The lowest BCUT2D eigenvalue weighted by molar-refractivity contribution is 0.731. The van der Waals surface area contributed by atoms with E-state index in [1.54, 1.807) is 17.5 Å². The Morgan fingerprint density at radius 2 is 2.29 bits per heavy atom. The summed E-state index contributed by atoms with van der Waals surface area (Å²) in [5, 5.41) is 4.84. The Bertz CT molecular complexity index is 510. The van der Waals surface area contributed by atoms with E-state index in [1.165, 1.54) is 4.88 Å². The number of rotatable bonds is 4. The summed E-state index contributed by atoms with van der Waals surface area (Å²) in [6.45, 7) is 5.91. The maximum Gasteiger partial charge on any atom is 0.143 e. The van der Waals surface area contributed by atoms with Gasteiger partial charge in [0.05, 0.1) is 10.7 Å². The van der Waals surface area contributed by atoms with Crippen LogP contribution in [0.25, 0.3) is 10.7 Å². The van der Waals surface area contributed by atoms with Gasteiger partial charge in [0.1, 0.15) is 10.7 Å². The lowest BCUT2D eigenvalue weighted by atomic mass is 10.3. The Kier molecular flexibility index (Phi) is 4.10. The van der Waals surface area contributed by atoms with Crippen LogP contribution >= 0.6 is 22.9 Å². The first-order valence-electron chi connectivity index (χ1n) is 5.50. The number of nitrogens with zero attached hydrogens (tertiary/aromatic N) is 2. The molecule has 3 nitrogen and oxygen atoms in total. The Morgan fingerprint density at radius 1 is 1.47 bits per heavy atom. The van der Waals surface area contributed by atoms with Gasteiger partial charge in [0, 0.05) is 17.6 Å². The second-order valence-corrected chi connectivity index (χ2v) is 5.13. The molecule has 0 spiro atoms. The third kappa shape index (κ3) is 2.83. The van der Waals surface area contributed by atoms with E-state index >= 15 is 0 Å². The first-order valence-corrected chi connectivity index (χ1v) is 6.69. The molecule has 17 heavy (non-hydrogen) atoms. The van der Waals surface area contributed by atoms with E-state index in [0.29, 0.717) is 5.02 Å². The van der Waals surface area contributed by atoms with Gasteiger partial charge in [0.2, 0.25) is 0 Å². The average molecular weight is 268 g/mol. The number of pyridine rings is 1. The van der Waals surface area contributed by atoms with Crippen molar-refractivity contribution in [2.75, 3.05) is 6.54 Å². The molecule has 2 rings (SSSR count). The van der Waals surface area contributed by atoms with Gasteiger partial charge in [-0.15, -0.1) is 11.3 Å². The second kappa shape index (κ2) is 5.58. The summed E-state index contributed by atoms with van der Waals surface area (Å²) < 4.78 is 0. The van der Waals surface area contributed by atoms with Gasteiger partial charge in [-0.05, 0) is 25.6 Å². The molecular formula is C12H14ClN3S. The molecule has 0 bridgehead atoms. The number of hydrogen-bond acceptors (Lipinski definition) is 4. The van der Waals surface area contributed by atoms with Crippen molar-refractivity contribution in [2.24, 2.45) is 0 Å². The standard InChI is InChI=1S/C12H14ClN3S/c1-3-14-7-10-8(2)16-12(17-10)11-9(13)5-4-6-15-11/h4-6,14H,3,7H2,1-2H3. The van der Waals surface area contributed by atoms with E-state index < -0.39 is 0 Å². The number of aryl methyl sites for hydroxylation is 1. The Labute approximate surface area is 110 Å². The number of hydrogen-bond donors (Lipinski definition) is 1. The quantitative estimate of drug-likeness (QED) is 0.924. The fourth-order valence-electron chi connectivity index (χ4n) is 1.47. The number of halogens is 1. The molecule has 2 aromatic heterocycles. The largest absolute Gasteiger partial charge is 0.312 e. The van der Waals surface area contributed by atoms with Crippen LogP contribution in [-0.2, 0) is 6.54 Å². The first-order chi connectivity index (χ1) is 8.22. The van der Waals surface area contributed by atoms with Crippen LogP contribution in [0.1, 0.15) is 17.5 Å². The molecule has 5 heteroatoms. The van der Waals surface area contributed by atoms with Crippen molar-refractivity contribution < 1.29 is 0 Å². The predicted molar refractivity (Wildman–Crippen MR) is 72.5 cm³/mol. The molecule has 0 fully saturated rings. The summed E-state index contributed by atoms with van der Waals surface area (Å²) in [6, 6.07) is 3.66. The van der Waals surface area contributed by atoms with Crippen molar-refractivity contribution in [2.45, 2.75) is 20.4 Å². The van der Waals surface area contributed by atoms with Crippen LogP contribution in [0.5, 0.6) is 0 Å². The summed E-state index contributed by atoms with van der Waals surface area (Å²) >= 11 is 7.76. The minimum Gasteiger partial charge on any atom is -0.312 e. The molecule has 0 aliphatic rings. The van der Waals surface area contributed by atoms with Crippen LogP contribution in [0.2, 0.25) is 5.02 Å². The molecule has 0 atom stereocenters. The SMILES string of the molecule is CCNCc1sc(-c2ncccc2Cl)nc1C. The third-order valence-corrected chi connectivity index (χ3v) is 3.86. The fourth-order valence-corrected chi connectivity index (χ4v) is 2.78. The number of thiazole rings is 1. The second-order valence-electron chi connectivity index (χ2n) is 3.64. The molecule has 0 aliphatic heterocycles. The highest BCUT2D eigenvalue weighted by Crippen LogP contribution is 2.30. The minimum atomic E-state index is 0.649. The Balaban J connectivity index is 2.31. The van der Waals surface area contributed by atoms with Gasteiger partial charge in [0.25, 0.3) is 0 Å². The molecule has 1 N–H and O–H groups in total. The minimum absolute atomic E-state index is 0.649. The van der Waals surface area contributed by atoms with Crippen LogP contribution in [0, 0.1) is 6.92 Å². The highest BCUT2D eigenvalue weighted by molar-refractivity contribution is 7.15. The van der Waals surface area contributed by atoms with E-state index in [1.807, 2.05) is 19.1 Å². The van der Waals surface area contributed by atoms with Crippen molar-refractivity contribution in [1.82, 2.24) is 15.3 Å². The van der Waals surface area contributed by atoms with Crippen LogP contribution in [0.4, 0.5) is 0 Å². The molecule has 0 aliphatic carbocycles. The van der Waals surface area contributed by atoms with Gasteiger partial charge < -0.3 is 5.32 Å².